The summed E-state index contributed by atoms with van der Waals surface area (Å²) >= 11 is 0. The first-order valence-electron chi connectivity index (χ1n) is 6.33. The number of phenolic OH excluding ortho intramolecular Hbond substituents is 1. The zero-order valence-corrected chi connectivity index (χ0v) is 10.6. The number of hydrogen-bond acceptors (Lipinski definition) is 2. The van der Waals surface area contributed by atoms with Crippen LogP contribution in [-0.4, -0.2) is 9.67 Å². The second-order valence-electron chi connectivity index (χ2n) is 4.65. The number of nitrogens with two attached hydrogens (primary N) is 1. The van der Waals surface area contributed by atoms with Gasteiger partial charge in [0.05, 0.1) is 0 Å². The highest BCUT2D eigenvalue weighted by Gasteiger charge is 2.07. The van der Waals surface area contributed by atoms with Gasteiger partial charge in [0.15, 0.2) is 0 Å². The highest BCUT2D eigenvalue weighted by atomic mass is 16.3. The minimum atomic E-state index is 0.295. The normalized spacial score (nSPS) is 11.0. The molecule has 0 aliphatic heterocycles. The van der Waals surface area contributed by atoms with Crippen LogP contribution >= 0.6 is 0 Å². The van der Waals surface area contributed by atoms with E-state index >= 15 is 0 Å². The number of nitrogens with zero attached hydrogens (tertiary/aromatic N) is 1. The van der Waals surface area contributed by atoms with Crippen molar-refractivity contribution in [2.24, 2.45) is 5.73 Å². The Kier molecular flexibility index (Phi) is 2.97. The van der Waals surface area contributed by atoms with E-state index in [1.54, 1.807) is 12.1 Å². The van der Waals surface area contributed by atoms with Gasteiger partial charge in [-0.05, 0) is 35.2 Å². The second kappa shape index (κ2) is 4.78. The van der Waals surface area contributed by atoms with Crippen molar-refractivity contribution in [3.63, 3.8) is 0 Å². The molecule has 96 valence electrons. The maximum atomic E-state index is 9.55. The van der Waals surface area contributed by atoms with Crippen LogP contribution in [-0.2, 0) is 13.1 Å². The minimum absolute atomic E-state index is 0.295. The fourth-order valence-corrected chi connectivity index (χ4v) is 2.46. The molecular formula is C16H16N2O. The van der Waals surface area contributed by atoms with E-state index in [0.717, 1.165) is 11.3 Å². The summed E-state index contributed by atoms with van der Waals surface area (Å²) in [6.07, 6.45) is 0. The van der Waals surface area contributed by atoms with E-state index in [2.05, 4.69) is 22.8 Å². The lowest BCUT2D eigenvalue weighted by Crippen LogP contribution is -2.08. The third kappa shape index (κ3) is 2.20. The van der Waals surface area contributed by atoms with Gasteiger partial charge < -0.3 is 15.4 Å². The summed E-state index contributed by atoms with van der Waals surface area (Å²) < 4.78 is 2.20. The zero-order valence-electron chi connectivity index (χ0n) is 10.6. The van der Waals surface area contributed by atoms with E-state index in [0.29, 0.717) is 18.8 Å². The van der Waals surface area contributed by atoms with Crippen LogP contribution in [0.4, 0.5) is 0 Å². The summed E-state index contributed by atoms with van der Waals surface area (Å²) in [6, 6.07) is 17.7. The van der Waals surface area contributed by atoms with Crippen molar-refractivity contribution in [3.05, 3.63) is 65.9 Å². The molecule has 1 heterocycles. The first kappa shape index (κ1) is 11.8. The monoisotopic (exact) mass is 252 g/mol. The maximum Gasteiger partial charge on any atom is 0.115 e. The van der Waals surface area contributed by atoms with Gasteiger partial charge >= 0.3 is 0 Å². The predicted octanol–water partition coefficient (Wildman–Crippen LogP) is 2.85. The van der Waals surface area contributed by atoms with E-state index < -0.39 is 0 Å². The molecule has 0 saturated carbocycles. The lowest BCUT2D eigenvalue weighted by Gasteiger charge is -2.10. The van der Waals surface area contributed by atoms with Crippen molar-refractivity contribution < 1.29 is 5.11 Å². The first-order valence-corrected chi connectivity index (χ1v) is 6.33. The molecule has 0 saturated heterocycles. The smallest absolute Gasteiger partial charge is 0.115 e. The largest absolute Gasteiger partial charge is 0.508 e. The molecule has 3 rings (SSSR count). The van der Waals surface area contributed by atoms with Gasteiger partial charge in [-0.15, -0.1) is 0 Å². The lowest BCUT2D eigenvalue weighted by atomic mass is 10.2. The molecular weight excluding hydrogens is 236 g/mol. The van der Waals surface area contributed by atoms with Crippen LogP contribution < -0.4 is 5.73 Å². The van der Waals surface area contributed by atoms with Crippen LogP contribution in [0.1, 0.15) is 11.3 Å². The van der Waals surface area contributed by atoms with Gasteiger partial charge in [0.1, 0.15) is 5.75 Å². The minimum Gasteiger partial charge on any atom is -0.508 e. The Balaban J connectivity index is 2.08. The number of benzene rings is 2. The molecule has 0 spiro atoms. The van der Waals surface area contributed by atoms with Gasteiger partial charge in [-0.3, -0.25) is 0 Å². The highest BCUT2D eigenvalue weighted by Crippen LogP contribution is 2.22. The third-order valence-electron chi connectivity index (χ3n) is 3.36. The molecule has 0 atom stereocenters. The molecule has 0 aliphatic carbocycles. The van der Waals surface area contributed by atoms with Gasteiger partial charge in [0.2, 0.25) is 0 Å². The average Bonchev–Trinajstić information content (AvgIpc) is 2.77. The Morgan fingerprint density at radius 1 is 1.00 bits per heavy atom. The predicted molar refractivity (Wildman–Crippen MR) is 77.0 cm³/mol. The molecule has 0 amide bonds. The Morgan fingerprint density at radius 3 is 2.63 bits per heavy atom. The summed E-state index contributed by atoms with van der Waals surface area (Å²) in [4.78, 5) is 0. The quantitative estimate of drug-likeness (QED) is 0.753. The molecule has 1 aromatic heterocycles. The molecule has 3 aromatic rings. The molecule has 0 aliphatic rings. The number of para-hydroxylation sites is 1. The third-order valence-corrected chi connectivity index (χ3v) is 3.36. The fourth-order valence-electron chi connectivity index (χ4n) is 2.46. The molecule has 0 fully saturated rings. The Labute approximate surface area is 111 Å². The van der Waals surface area contributed by atoms with Gasteiger partial charge in [0.25, 0.3) is 0 Å². The number of fused-ring (bicyclic) bond motifs is 1. The van der Waals surface area contributed by atoms with Gasteiger partial charge in [-0.2, -0.15) is 0 Å². The number of aromatic nitrogens is 1. The molecule has 19 heavy (non-hydrogen) atoms. The summed E-state index contributed by atoms with van der Waals surface area (Å²) in [7, 11) is 0. The van der Waals surface area contributed by atoms with Crippen LogP contribution in [0.25, 0.3) is 10.9 Å². The fraction of sp³-hybridized carbons (Fsp3) is 0.125. The maximum absolute atomic E-state index is 9.55. The molecule has 3 heteroatoms. The Bertz CT molecular complexity index is 716. The molecule has 2 aromatic carbocycles. The van der Waals surface area contributed by atoms with Gasteiger partial charge in [-0.25, -0.2) is 0 Å². The molecule has 3 N–H and O–H groups in total. The van der Waals surface area contributed by atoms with Crippen LogP contribution in [0.5, 0.6) is 5.75 Å². The van der Waals surface area contributed by atoms with Crippen molar-refractivity contribution in [3.8, 4) is 5.75 Å². The second-order valence-corrected chi connectivity index (χ2v) is 4.65. The zero-order chi connectivity index (χ0) is 13.2. The molecule has 0 bridgehead atoms. The average molecular weight is 252 g/mol. The molecule has 0 radical (unpaired) electrons. The van der Waals surface area contributed by atoms with Crippen LogP contribution in [0.2, 0.25) is 0 Å². The van der Waals surface area contributed by atoms with Crippen molar-refractivity contribution in [2.75, 3.05) is 0 Å². The van der Waals surface area contributed by atoms with Gasteiger partial charge in [0, 0.05) is 24.3 Å². The van der Waals surface area contributed by atoms with Crippen molar-refractivity contribution >= 4 is 10.9 Å². The van der Waals surface area contributed by atoms with E-state index in [4.69, 9.17) is 5.73 Å². The van der Waals surface area contributed by atoms with Crippen LogP contribution in [0.3, 0.4) is 0 Å². The van der Waals surface area contributed by atoms with Crippen molar-refractivity contribution in [1.29, 1.82) is 0 Å². The summed E-state index contributed by atoms with van der Waals surface area (Å²) in [5, 5.41) is 10.7. The van der Waals surface area contributed by atoms with Crippen molar-refractivity contribution in [2.45, 2.75) is 13.1 Å². The number of hydrogen-bond donors (Lipinski definition) is 2. The summed E-state index contributed by atoms with van der Waals surface area (Å²) in [5.41, 5.74) is 9.17. The number of aromatic hydroxyl groups is 1. The Hall–Kier alpha value is -2.26. The number of rotatable bonds is 3. The molecule has 0 unspecified atom stereocenters. The van der Waals surface area contributed by atoms with E-state index in [1.165, 1.54) is 10.9 Å². The van der Waals surface area contributed by atoms with E-state index in [-0.39, 0.29) is 0 Å². The highest BCUT2D eigenvalue weighted by molar-refractivity contribution is 5.81. The Morgan fingerprint density at radius 2 is 1.84 bits per heavy atom. The van der Waals surface area contributed by atoms with Crippen molar-refractivity contribution in [1.82, 2.24) is 4.57 Å². The lowest BCUT2D eigenvalue weighted by molar-refractivity contribution is 0.474. The van der Waals surface area contributed by atoms with Crippen LogP contribution in [0, 0.1) is 0 Å². The standard InChI is InChI=1S/C16H16N2O/c17-10-14-9-13-5-1-2-7-16(13)18(14)11-12-4-3-6-15(19)8-12/h1-9,19H,10-11,17H2. The van der Waals surface area contributed by atoms with E-state index in [9.17, 15) is 5.11 Å². The van der Waals surface area contributed by atoms with Gasteiger partial charge in [-0.1, -0.05) is 30.3 Å². The topological polar surface area (TPSA) is 51.2 Å². The van der Waals surface area contributed by atoms with E-state index in [1.807, 2.05) is 24.3 Å². The SMILES string of the molecule is NCc1cc2ccccc2n1Cc1cccc(O)c1. The first-order chi connectivity index (χ1) is 9.28. The van der Waals surface area contributed by atoms with Crippen LogP contribution in [0.15, 0.2) is 54.6 Å². The molecule has 3 nitrogen and oxygen atoms in total. The summed E-state index contributed by atoms with van der Waals surface area (Å²) in [6.45, 7) is 1.22. The number of phenols is 1. The summed E-state index contributed by atoms with van der Waals surface area (Å²) in [5.74, 6) is 0.295.